The molecule has 1 aromatic carbocycles. The van der Waals surface area contributed by atoms with Crippen molar-refractivity contribution in [2.24, 2.45) is 11.8 Å². The second kappa shape index (κ2) is 8.10. The number of hydrogen-bond donors (Lipinski definition) is 2. The second-order valence-corrected chi connectivity index (χ2v) is 4.98. The lowest BCUT2D eigenvalue weighted by Gasteiger charge is -2.29. The molecule has 4 atom stereocenters. The van der Waals surface area contributed by atoms with Gasteiger partial charge in [0.05, 0.1) is 12.2 Å². The van der Waals surface area contributed by atoms with Crippen molar-refractivity contribution >= 4 is 6.08 Å². The molecule has 0 bridgehead atoms. The van der Waals surface area contributed by atoms with Crippen molar-refractivity contribution in [1.29, 1.82) is 0 Å². The van der Waals surface area contributed by atoms with Crippen LogP contribution in [-0.2, 0) is 4.74 Å². The summed E-state index contributed by atoms with van der Waals surface area (Å²) in [6.45, 7) is 3.90. The Kier molecular flexibility index (Phi) is 6.78. The van der Waals surface area contributed by atoms with Crippen LogP contribution in [0.25, 0.3) is 6.08 Å². The van der Waals surface area contributed by atoms with Crippen LogP contribution < -0.4 is 0 Å². The lowest BCUT2D eigenvalue weighted by atomic mass is 9.89. The van der Waals surface area contributed by atoms with Gasteiger partial charge in [-0.25, -0.2) is 0 Å². The fourth-order valence-corrected chi connectivity index (χ4v) is 2.21. The van der Waals surface area contributed by atoms with E-state index in [1.54, 1.807) is 13.2 Å². The Hall–Kier alpha value is -1.16. The zero-order valence-corrected chi connectivity index (χ0v) is 11.9. The fraction of sp³-hybridized carbons (Fsp3) is 0.500. The van der Waals surface area contributed by atoms with E-state index in [4.69, 9.17) is 4.74 Å². The van der Waals surface area contributed by atoms with Crippen LogP contribution in [0.5, 0.6) is 0 Å². The van der Waals surface area contributed by atoms with Crippen molar-refractivity contribution in [3.05, 3.63) is 42.0 Å². The Morgan fingerprint density at radius 3 is 2.37 bits per heavy atom. The summed E-state index contributed by atoms with van der Waals surface area (Å²) in [5, 5.41) is 19.4. The van der Waals surface area contributed by atoms with E-state index in [-0.39, 0.29) is 24.5 Å². The van der Waals surface area contributed by atoms with E-state index in [9.17, 15) is 10.2 Å². The molecule has 0 radical (unpaired) electrons. The minimum absolute atomic E-state index is 0.000208. The summed E-state index contributed by atoms with van der Waals surface area (Å²) in [6.07, 6.45) is 2.91. The van der Waals surface area contributed by atoms with Crippen LogP contribution in [0.15, 0.2) is 36.4 Å². The van der Waals surface area contributed by atoms with E-state index >= 15 is 0 Å². The van der Waals surface area contributed by atoms with Crippen LogP contribution in [-0.4, -0.2) is 36.1 Å². The molecule has 3 nitrogen and oxygen atoms in total. The summed E-state index contributed by atoms with van der Waals surface area (Å²) >= 11 is 0. The number of aliphatic hydroxyl groups excluding tert-OH is 2. The highest BCUT2D eigenvalue weighted by molar-refractivity contribution is 5.49. The molecule has 106 valence electrons. The summed E-state index contributed by atoms with van der Waals surface area (Å²) in [4.78, 5) is 0. The summed E-state index contributed by atoms with van der Waals surface area (Å²) in [5.41, 5.74) is 1.05. The van der Waals surface area contributed by atoms with Crippen LogP contribution in [0.4, 0.5) is 0 Å². The molecule has 0 aromatic heterocycles. The topological polar surface area (TPSA) is 49.7 Å². The number of benzene rings is 1. The van der Waals surface area contributed by atoms with Crippen LogP contribution >= 0.6 is 0 Å². The predicted octanol–water partition coefficient (Wildman–Crippen LogP) is 2.34. The van der Waals surface area contributed by atoms with E-state index < -0.39 is 6.10 Å². The van der Waals surface area contributed by atoms with Gasteiger partial charge in [-0.2, -0.15) is 0 Å². The Morgan fingerprint density at radius 1 is 1.21 bits per heavy atom. The van der Waals surface area contributed by atoms with Gasteiger partial charge in [-0.05, 0) is 5.56 Å². The van der Waals surface area contributed by atoms with E-state index in [0.29, 0.717) is 0 Å². The molecule has 1 aromatic rings. The van der Waals surface area contributed by atoms with Gasteiger partial charge in [-0.15, -0.1) is 0 Å². The molecule has 0 amide bonds. The number of rotatable bonds is 7. The van der Waals surface area contributed by atoms with Crippen molar-refractivity contribution in [1.82, 2.24) is 0 Å². The molecule has 0 saturated carbocycles. The molecule has 0 aliphatic heterocycles. The van der Waals surface area contributed by atoms with Crippen molar-refractivity contribution < 1.29 is 14.9 Å². The highest BCUT2D eigenvalue weighted by Gasteiger charge is 2.27. The van der Waals surface area contributed by atoms with Crippen LogP contribution in [0, 0.1) is 11.8 Å². The second-order valence-electron chi connectivity index (χ2n) is 4.98. The molecule has 0 unspecified atom stereocenters. The third kappa shape index (κ3) is 4.78. The Balaban J connectivity index is 2.66. The first-order chi connectivity index (χ1) is 9.10. The molecule has 0 fully saturated rings. The van der Waals surface area contributed by atoms with Gasteiger partial charge in [0.25, 0.3) is 0 Å². The monoisotopic (exact) mass is 264 g/mol. The smallest absolute Gasteiger partial charge is 0.0774 e. The van der Waals surface area contributed by atoms with Gasteiger partial charge >= 0.3 is 0 Å². The van der Waals surface area contributed by atoms with E-state index in [0.717, 1.165) is 5.56 Å². The van der Waals surface area contributed by atoms with Crippen molar-refractivity contribution in [3.63, 3.8) is 0 Å². The average Bonchev–Trinajstić information content (AvgIpc) is 2.46. The van der Waals surface area contributed by atoms with Crippen molar-refractivity contribution in [2.45, 2.75) is 26.1 Å². The fourth-order valence-electron chi connectivity index (χ4n) is 2.21. The van der Waals surface area contributed by atoms with Gasteiger partial charge in [-0.1, -0.05) is 56.3 Å². The zero-order valence-electron chi connectivity index (χ0n) is 11.9. The number of hydrogen-bond acceptors (Lipinski definition) is 3. The summed E-state index contributed by atoms with van der Waals surface area (Å²) in [6, 6.07) is 9.85. The molecule has 3 heteroatoms. The van der Waals surface area contributed by atoms with Crippen molar-refractivity contribution in [3.8, 4) is 0 Å². The molecule has 0 aliphatic carbocycles. The summed E-state index contributed by atoms with van der Waals surface area (Å²) in [7, 11) is 1.61. The lowest BCUT2D eigenvalue weighted by molar-refractivity contribution is -0.0332. The highest BCUT2D eigenvalue weighted by atomic mass is 16.5. The molecule has 1 rings (SSSR count). The third-order valence-corrected chi connectivity index (χ3v) is 3.46. The average molecular weight is 264 g/mol. The van der Waals surface area contributed by atoms with Crippen molar-refractivity contribution in [2.75, 3.05) is 13.7 Å². The maximum atomic E-state index is 10.2. The third-order valence-electron chi connectivity index (χ3n) is 3.46. The first kappa shape index (κ1) is 15.9. The normalized spacial score (nSPS) is 18.2. The largest absolute Gasteiger partial charge is 0.396 e. The quantitative estimate of drug-likeness (QED) is 0.794. The molecule has 0 aliphatic rings. The van der Waals surface area contributed by atoms with E-state index in [1.807, 2.05) is 50.3 Å². The van der Waals surface area contributed by atoms with E-state index in [1.165, 1.54) is 0 Å². The molecule has 0 spiro atoms. The molecule has 0 saturated heterocycles. The first-order valence-corrected chi connectivity index (χ1v) is 6.65. The van der Waals surface area contributed by atoms with E-state index in [2.05, 4.69) is 0 Å². The van der Waals surface area contributed by atoms with Gasteiger partial charge in [0, 0.05) is 25.6 Å². The Bertz CT molecular complexity index is 375. The van der Waals surface area contributed by atoms with Crippen LogP contribution in [0.1, 0.15) is 19.4 Å². The SMILES string of the molecule is CO[C@H]([C@H](C)[C@@H](O)/C=C/c1ccccc1)[C@@H](C)CO. The molecular weight excluding hydrogens is 240 g/mol. The number of aliphatic hydroxyl groups is 2. The summed E-state index contributed by atoms with van der Waals surface area (Å²) in [5.74, 6) is -0.0770. The Morgan fingerprint density at radius 2 is 1.84 bits per heavy atom. The van der Waals surface area contributed by atoms with Gasteiger partial charge in [0.2, 0.25) is 0 Å². The molecule has 0 heterocycles. The molecular formula is C16H24O3. The molecule has 2 N–H and O–H groups in total. The minimum Gasteiger partial charge on any atom is -0.396 e. The Labute approximate surface area is 115 Å². The minimum atomic E-state index is -0.598. The zero-order chi connectivity index (χ0) is 14.3. The predicted molar refractivity (Wildman–Crippen MR) is 77.7 cm³/mol. The van der Waals surface area contributed by atoms with Gasteiger partial charge in [0.1, 0.15) is 0 Å². The standard InChI is InChI=1S/C16H24O3/c1-12(11-17)16(19-3)13(2)15(18)10-9-14-7-5-4-6-8-14/h4-10,12-13,15-18H,11H2,1-3H3/b10-9+/t12-,13+,15-,16-/m0/s1. The lowest BCUT2D eigenvalue weighted by Crippen LogP contribution is -2.36. The number of ether oxygens (including phenoxy) is 1. The van der Waals surface area contributed by atoms with Gasteiger partial charge in [-0.3, -0.25) is 0 Å². The van der Waals surface area contributed by atoms with Crippen LogP contribution in [0.2, 0.25) is 0 Å². The van der Waals surface area contributed by atoms with Gasteiger partial charge < -0.3 is 14.9 Å². The maximum absolute atomic E-state index is 10.2. The number of methoxy groups -OCH3 is 1. The highest BCUT2D eigenvalue weighted by Crippen LogP contribution is 2.20. The molecule has 19 heavy (non-hydrogen) atoms. The van der Waals surface area contributed by atoms with Gasteiger partial charge in [0.15, 0.2) is 0 Å². The first-order valence-electron chi connectivity index (χ1n) is 6.65. The van der Waals surface area contributed by atoms with Crippen LogP contribution in [0.3, 0.4) is 0 Å². The summed E-state index contributed by atoms with van der Waals surface area (Å²) < 4.78 is 5.38. The maximum Gasteiger partial charge on any atom is 0.0774 e.